The third kappa shape index (κ3) is 3.09. The van der Waals surface area contributed by atoms with Crippen molar-refractivity contribution in [2.24, 2.45) is 0 Å². The molecule has 0 amide bonds. The monoisotopic (exact) mass is 322 g/mol. The quantitative estimate of drug-likeness (QED) is 0.572. The Kier molecular flexibility index (Phi) is 4.36. The van der Waals surface area contributed by atoms with Crippen LogP contribution in [0, 0.1) is 13.8 Å². The molecule has 2 nitrogen and oxygen atoms in total. The maximum atomic E-state index is 10.4. The van der Waals surface area contributed by atoms with Crippen LogP contribution >= 0.6 is 7.92 Å². The third-order valence-corrected chi connectivity index (χ3v) is 6.72. The van der Waals surface area contributed by atoms with Gasteiger partial charge in [-0.05, 0) is 61.7 Å². The second kappa shape index (κ2) is 6.44. The Morgan fingerprint density at radius 2 is 1.17 bits per heavy atom. The van der Waals surface area contributed by atoms with E-state index in [1.54, 1.807) is 12.1 Å². The maximum absolute atomic E-state index is 10.4. The molecule has 0 aromatic heterocycles. The number of benzene rings is 3. The molecule has 3 aromatic rings. The SMILES string of the molecule is Cc1ccccc1P(c1ccccc1C)c1cc(O)ccc1O. The van der Waals surface area contributed by atoms with Crippen LogP contribution in [0.15, 0.2) is 66.7 Å². The van der Waals surface area contributed by atoms with Crippen LogP contribution in [0.5, 0.6) is 11.5 Å². The Labute approximate surface area is 137 Å². The van der Waals surface area contributed by atoms with E-state index >= 15 is 0 Å². The van der Waals surface area contributed by atoms with Crippen molar-refractivity contribution < 1.29 is 10.2 Å². The summed E-state index contributed by atoms with van der Waals surface area (Å²) in [6.45, 7) is 4.17. The lowest BCUT2D eigenvalue weighted by molar-refractivity contribution is 0.464. The zero-order valence-corrected chi connectivity index (χ0v) is 14.1. The van der Waals surface area contributed by atoms with Gasteiger partial charge in [-0.2, -0.15) is 0 Å². The number of phenols is 2. The van der Waals surface area contributed by atoms with E-state index < -0.39 is 7.92 Å². The van der Waals surface area contributed by atoms with Gasteiger partial charge < -0.3 is 10.2 Å². The number of hydrogen-bond donors (Lipinski definition) is 2. The minimum atomic E-state index is -0.935. The highest BCUT2D eigenvalue weighted by Gasteiger charge is 2.22. The normalized spacial score (nSPS) is 10.9. The summed E-state index contributed by atoms with van der Waals surface area (Å²) in [5.74, 6) is 0.396. The lowest BCUT2D eigenvalue weighted by Gasteiger charge is -2.23. The number of hydrogen-bond acceptors (Lipinski definition) is 2. The molecule has 0 bridgehead atoms. The van der Waals surface area contributed by atoms with Gasteiger partial charge in [0.1, 0.15) is 11.5 Å². The molecule has 0 heterocycles. The first-order valence-corrected chi connectivity index (χ1v) is 8.85. The standard InChI is InChI=1S/C20H19O2P/c1-14-7-3-5-9-18(14)23(19-10-6-4-8-15(19)2)20-13-16(21)11-12-17(20)22/h3-13,21-22H,1-2H3. The van der Waals surface area contributed by atoms with Crippen molar-refractivity contribution in [2.45, 2.75) is 13.8 Å². The molecule has 0 aliphatic rings. The third-order valence-electron chi connectivity index (χ3n) is 3.91. The molecule has 116 valence electrons. The lowest BCUT2D eigenvalue weighted by Crippen LogP contribution is -2.24. The van der Waals surface area contributed by atoms with Gasteiger partial charge in [-0.25, -0.2) is 0 Å². The van der Waals surface area contributed by atoms with Crippen LogP contribution in [0.4, 0.5) is 0 Å². The van der Waals surface area contributed by atoms with Crippen molar-refractivity contribution in [3.05, 3.63) is 77.9 Å². The first-order chi connectivity index (χ1) is 11.1. The van der Waals surface area contributed by atoms with Gasteiger partial charge in [0.2, 0.25) is 0 Å². The first kappa shape index (κ1) is 15.6. The Hall–Kier alpha value is -2.31. The van der Waals surface area contributed by atoms with Crippen LogP contribution in [0.25, 0.3) is 0 Å². The van der Waals surface area contributed by atoms with Crippen molar-refractivity contribution in [3.8, 4) is 11.5 Å². The number of aromatic hydroxyl groups is 2. The van der Waals surface area contributed by atoms with Gasteiger partial charge in [-0.15, -0.1) is 0 Å². The Morgan fingerprint density at radius 1 is 0.652 bits per heavy atom. The molecular formula is C20H19O2P. The molecule has 0 unspecified atom stereocenters. The Bertz CT molecular complexity index is 797. The van der Waals surface area contributed by atoms with Crippen LogP contribution in [0.2, 0.25) is 0 Å². The molecule has 0 spiro atoms. The second-order valence-corrected chi connectivity index (χ2v) is 7.70. The lowest BCUT2D eigenvalue weighted by atomic mass is 10.2. The molecule has 0 aliphatic heterocycles. The molecule has 2 N–H and O–H groups in total. The Balaban J connectivity index is 2.29. The summed E-state index contributed by atoms with van der Waals surface area (Å²) < 4.78 is 0. The van der Waals surface area contributed by atoms with Crippen molar-refractivity contribution in [3.63, 3.8) is 0 Å². The smallest absolute Gasteiger partial charge is 0.124 e. The van der Waals surface area contributed by atoms with Crippen LogP contribution in [-0.2, 0) is 0 Å². The molecule has 3 aromatic carbocycles. The number of phenolic OH excluding ortho intramolecular Hbond substituents is 2. The molecule has 0 atom stereocenters. The summed E-state index contributed by atoms with van der Waals surface area (Å²) in [6.07, 6.45) is 0. The second-order valence-electron chi connectivity index (χ2n) is 5.58. The van der Waals surface area contributed by atoms with Crippen LogP contribution < -0.4 is 15.9 Å². The maximum Gasteiger partial charge on any atom is 0.124 e. The van der Waals surface area contributed by atoms with Crippen LogP contribution in [0.1, 0.15) is 11.1 Å². The van der Waals surface area contributed by atoms with Gasteiger partial charge in [0.25, 0.3) is 0 Å². The Morgan fingerprint density at radius 3 is 1.70 bits per heavy atom. The zero-order chi connectivity index (χ0) is 16.4. The highest BCUT2D eigenvalue weighted by Crippen LogP contribution is 2.39. The molecule has 0 saturated carbocycles. The van der Waals surface area contributed by atoms with E-state index in [1.807, 2.05) is 24.3 Å². The van der Waals surface area contributed by atoms with Crippen molar-refractivity contribution in [1.29, 1.82) is 0 Å². The number of rotatable bonds is 3. The molecule has 0 aliphatic carbocycles. The predicted octanol–water partition coefficient (Wildman–Crippen LogP) is 3.47. The predicted molar refractivity (Wildman–Crippen MR) is 98.0 cm³/mol. The number of aryl methyl sites for hydroxylation is 2. The summed E-state index contributed by atoms with van der Waals surface area (Å²) in [5, 5.41) is 23.5. The molecule has 3 heteroatoms. The molecular weight excluding hydrogens is 303 g/mol. The van der Waals surface area contributed by atoms with Gasteiger partial charge in [0.05, 0.1) is 0 Å². The minimum absolute atomic E-state index is 0.174. The van der Waals surface area contributed by atoms with E-state index in [0.717, 1.165) is 5.30 Å². The summed E-state index contributed by atoms with van der Waals surface area (Å²) in [4.78, 5) is 0. The van der Waals surface area contributed by atoms with E-state index in [0.29, 0.717) is 0 Å². The first-order valence-electron chi connectivity index (χ1n) is 7.51. The molecule has 0 saturated heterocycles. The van der Waals surface area contributed by atoms with E-state index in [2.05, 4.69) is 38.1 Å². The van der Waals surface area contributed by atoms with Crippen LogP contribution in [0.3, 0.4) is 0 Å². The van der Waals surface area contributed by atoms with E-state index in [1.165, 1.54) is 27.8 Å². The largest absolute Gasteiger partial charge is 0.508 e. The summed E-state index contributed by atoms with van der Waals surface area (Å²) >= 11 is 0. The fraction of sp³-hybridized carbons (Fsp3) is 0.100. The highest BCUT2D eigenvalue weighted by atomic mass is 31.1. The van der Waals surface area contributed by atoms with Crippen molar-refractivity contribution in [1.82, 2.24) is 0 Å². The summed E-state index contributed by atoms with van der Waals surface area (Å²) in [6, 6.07) is 21.2. The molecule has 3 rings (SSSR count). The highest BCUT2D eigenvalue weighted by molar-refractivity contribution is 7.80. The summed E-state index contributed by atoms with van der Waals surface area (Å²) in [7, 11) is -0.935. The van der Waals surface area contributed by atoms with E-state index in [9.17, 15) is 10.2 Å². The fourth-order valence-corrected chi connectivity index (χ4v) is 5.38. The van der Waals surface area contributed by atoms with Gasteiger partial charge in [0.15, 0.2) is 0 Å². The van der Waals surface area contributed by atoms with Crippen LogP contribution in [-0.4, -0.2) is 10.2 Å². The topological polar surface area (TPSA) is 40.5 Å². The molecule has 0 radical (unpaired) electrons. The average molecular weight is 322 g/mol. The van der Waals surface area contributed by atoms with E-state index in [4.69, 9.17) is 0 Å². The molecule has 23 heavy (non-hydrogen) atoms. The zero-order valence-electron chi connectivity index (χ0n) is 13.2. The van der Waals surface area contributed by atoms with Crippen molar-refractivity contribution >= 4 is 23.8 Å². The fourth-order valence-electron chi connectivity index (χ4n) is 2.71. The summed E-state index contributed by atoms with van der Waals surface area (Å²) in [5.41, 5.74) is 2.37. The molecule has 0 fully saturated rings. The van der Waals surface area contributed by atoms with Gasteiger partial charge in [0, 0.05) is 5.30 Å². The van der Waals surface area contributed by atoms with Gasteiger partial charge >= 0.3 is 0 Å². The van der Waals surface area contributed by atoms with E-state index in [-0.39, 0.29) is 11.5 Å². The average Bonchev–Trinajstić information content (AvgIpc) is 2.54. The minimum Gasteiger partial charge on any atom is -0.508 e. The van der Waals surface area contributed by atoms with Gasteiger partial charge in [-0.3, -0.25) is 0 Å². The van der Waals surface area contributed by atoms with Crippen molar-refractivity contribution in [2.75, 3.05) is 0 Å². The van der Waals surface area contributed by atoms with Gasteiger partial charge in [-0.1, -0.05) is 48.5 Å².